The zero-order valence-electron chi connectivity index (χ0n) is 12.5. The molecular weight excluding hydrogens is 324 g/mol. The van der Waals surface area contributed by atoms with Crippen LogP contribution in [0.5, 0.6) is 11.5 Å². The Balaban J connectivity index is 1.62. The molecule has 0 fully saturated rings. The van der Waals surface area contributed by atoms with Gasteiger partial charge >= 0.3 is 0 Å². The normalized spacial score (nSPS) is 17.2. The Kier molecular flexibility index (Phi) is 3.63. The second kappa shape index (κ2) is 5.95. The summed E-state index contributed by atoms with van der Waals surface area (Å²) in [6.45, 7) is 0.0962. The van der Waals surface area contributed by atoms with E-state index in [4.69, 9.17) is 9.47 Å². The van der Waals surface area contributed by atoms with Crippen molar-refractivity contribution in [3.05, 3.63) is 53.5 Å². The van der Waals surface area contributed by atoms with Crippen LogP contribution in [0.15, 0.2) is 48.5 Å². The van der Waals surface area contributed by atoms with E-state index in [2.05, 4.69) is 11.1 Å². The molecule has 1 aliphatic heterocycles. The summed E-state index contributed by atoms with van der Waals surface area (Å²) in [5.41, 5.74) is 0.789. The lowest BCUT2D eigenvalue weighted by atomic mass is 10.0. The molecule has 0 bridgehead atoms. The first-order valence-electron chi connectivity index (χ1n) is 7.43. The predicted molar refractivity (Wildman–Crippen MR) is 89.3 cm³/mol. The minimum absolute atomic E-state index is 0.0962. The third-order valence-electron chi connectivity index (χ3n) is 3.80. The highest BCUT2D eigenvalue weighted by Crippen LogP contribution is 2.34. The standard InChI is InChI=1S/C18H12N2O3S/c19-9-11(18-20-12-5-1-4-8-16(12)24-18)17(21)15-10-22-13-6-2-3-7-14(13)23-15/h1-8,11,15H,10H2/t11-,15-/m0/s1. The summed E-state index contributed by atoms with van der Waals surface area (Å²) in [6.07, 6.45) is -0.809. The van der Waals surface area contributed by atoms with Gasteiger partial charge in [-0.25, -0.2) is 4.98 Å². The van der Waals surface area contributed by atoms with Gasteiger partial charge in [0.25, 0.3) is 0 Å². The molecule has 0 saturated heterocycles. The average molecular weight is 336 g/mol. The minimum atomic E-state index is -0.957. The van der Waals surface area contributed by atoms with Crippen molar-refractivity contribution in [1.82, 2.24) is 4.98 Å². The van der Waals surface area contributed by atoms with E-state index in [-0.39, 0.29) is 12.4 Å². The van der Waals surface area contributed by atoms with Crippen LogP contribution in [0.3, 0.4) is 0 Å². The van der Waals surface area contributed by atoms with Crippen molar-refractivity contribution in [3.8, 4) is 17.6 Å². The van der Waals surface area contributed by atoms with E-state index < -0.39 is 12.0 Å². The highest BCUT2D eigenvalue weighted by atomic mass is 32.1. The molecule has 3 aromatic rings. The predicted octanol–water partition coefficient (Wildman–Crippen LogP) is 3.31. The lowest BCUT2D eigenvalue weighted by molar-refractivity contribution is -0.128. The lowest BCUT2D eigenvalue weighted by Crippen LogP contribution is -2.39. The summed E-state index contributed by atoms with van der Waals surface area (Å²) in [4.78, 5) is 17.2. The number of aromatic nitrogens is 1. The zero-order chi connectivity index (χ0) is 16.5. The molecule has 6 heteroatoms. The van der Waals surface area contributed by atoms with Gasteiger partial charge in [0.1, 0.15) is 11.6 Å². The summed E-state index contributed by atoms with van der Waals surface area (Å²) >= 11 is 1.36. The molecule has 5 nitrogen and oxygen atoms in total. The summed E-state index contributed by atoms with van der Waals surface area (Å²) in [5.74, 6) is -0.162. The quantitative estimate of drug-likeness (QED) is 0.734. The van der Waals surface area contributed by atoms with Crippen molar-refractivity contribution in [2.75, 3.05) is 6.61 Å². The van der Waals surface area contributed by atoms with Crippen molar-refractivity contribution in [2.24, 2.45) is 0 Å². The van der Waals surface area contributed by atoms with Crippen LogP contribution in [0.1, 0.15) is 10.9 Å². The monoisotopic (exact) mass is 336 g/mol. The molecule has 4 rings (SSSR count). The number of thiazole rings is 1. The SMILES string of the molecule is N#C[C@@H](C(=O)[C@@H]1COc2ccccc2O1)c1nc2ccccc2s1. The van der Waals surface area contributed by atoms with E-state index in [9.17, 15) is 10.1 Å². The van der Waals surface area contributed by atoms with E-state index in [1.54, 1.807) is 12.1 Å². The van der Waals surface area contributed by atoms with Gasteiger partial charge in [-0.1, -0.05) is 24.3 Å². The van der Waals surface area contributed by atoms with Crippen LogP contribution in [-0.2, 0) is 4.79 Å². The number of hydrogen-bond acceptors (Lipinski definition) is 6. The highest BCUT2D eigenvalue weighted by Gasteiger charge is 2.35. The number of rotatable bonds is 3. The van der Waals surface area contributed by atoms with Crippen LogP contribution >= 0.6 is 11.3 Å². The summed E-state index contributed by atoms with van der Waals surface area (Å²) < 4.78 is 12.2. The van der Waals surface area contributed by atoms with Crippen molar-refractivity contribution < 1.29 is 14.3 Å². The fourth-order valence-electron chi connectivity index (χ4n) is 2.60. The van der Waals surface area contributed by atoms with E-state index in [1.807, 2.05) is 36.4 Å². The Labute approximate surface area is 142 Å². The summed E-state index contributed by atoms with van der Waals surface area (Å²) in [6, 6.07) is 16.8. The van der Waals surface area contributed by atoms with Gasteiger partial charge in [-0.15, -0.1) is 11.3 Å². The Hall–Kier alpha value is -2.91. The third-order valence-corrected chi connectivity index (χ3v) is 4.90. The number of benzene rings is 2. The maximum atomic E-state index is 12.8. The van der Waals surface area contributed by atoms with Gasteiger partial charge in [0.15, 0.2) is 23.5 Å². The molecule has 0 saturated carbocycles. The largest absolute Gasteiger partial charge is 0.485 e. The molecule has 0 spiro atoms. The molecule has 1 aromatic heterocycles. The molecule has 0 radical (unpaired) electrons. The van der Waals surface area contributed by atoms with Gasteiger partial charge in [0.05, 0.1) is 16.3 Å². The van der Waals surface area contributed by atoms with Gasteiger partial charge in [-0.3, -0.25) is 4.79 Å². The van der Waals surface area contributed by atoms with Crippen LogP contribution in [0, 0.1) is 11.3 Å². The van der Waals surface area contributed by atoms with Gasteiger partial charge in [0.2, 0.25) is 5.78 Å². The molecule has 24 heavy (non-hydrogen) atoms. The number of para-hydroxylation sites is 3. The lowest BCUT2D eigenvalue weighted by Gasteiger charge is -2.26. The number of carbonyl (C=O) groups is 1. The minimum Gasteiger partial charge on any atom is -0.485 e. The summed E-state index contributed by atoms with van der Waals surface area (Å²) in [7, 11) is 0. The Morgan fingerprint density at radius 3 is 2.75 bits per heavy atom. The molecule has 2 atom stereocenters. The number of fused-ring (bicyclic) bond motifs is 2. The van der Waals surface area contributed by atoms with Crippen LogP contribution < -0.4 is 9.47 Å². The first-order chi connectivity index (χ1) is 11.8. The Morgan fingerprint density at radius 1 is 1.21 bits per heavy atom. The highest BCUT2D eigenvalue weighted by molar-refractivity contribution is 7.18. The molecule has 0 aliphatic carbocycles. The van der Waals surface area contributed by atoms with Crippen LogP contribution in [0.2, 0.25) is 0 Å². The first-order valence-corrected chi connectivity index (χ1v) is 8.25. The number of nitriles is 1. The number of carbonyl (C=O) groups excluding carboxylic acids is 1. The molecule has 1 aliphatic rings. The molecule has 0 N–H and O–H groups in total. The van der Waals surface area contributed by atoms with Crippen LogP contribution in [0.4, 0.5) is 0 Å². The molecule has 0 amide bonds. The van der Waals surface area contributed by atoms with Crippen LogP contribution in [0.25, 0.3) is 10.2 Å². The first kappa shape index (κ1) is 14.7. The second-order valence-electron chi connectivity index (χ2n) is 5.35. The number of nitrogens with zero attached hydrogens (tertiary/aromatic N) is 2. The smallest absolute Gasteiger partial charge is 0.200 e. The van der Waals surface area contributed by atoms with E-state index in [1.165, 1.54) is 11.3 Å². The fraction of sp³-hybridized carbons (Fsp3) is 0.167. The average Bonchev–Trinajstić information content (AvgIpc) is 3.05. The third kappa shape index (κ3) is 2.49. The van der Waals surface area contributed by atoms with Crippen molar-refractivity contribution >= 4 is 27.3 Å². The van der Waals surface area contributed by atoms with E-state index in [0.717, 1.165) is 10.2 Å². The second-order valence-corrected chi connectivity index (χ2v) is 6.41. The number of hydrogen-bond donors (Lipinski definition) is 0. The van der Waals surface area contributed by atoms with Crippen molar-refractivity contribution in [3.63, 3.8) is 0 Å². The van der Waals surface area contributed by atoms with Gasteiger partial charge in [0, 0.05) is 0 Å². The van der Waals surface area contributed by atoms with E-state index >= 15 is 0 Å². The molecule has 2 aromatic carbocycles. The van der Waals surface area contributed by atoms with Gasteiger partial charge in [-0.05, 0) is 24.3 Å². The molecule has 118 valence electrons. The topological polar surface area (TPSA) is 72.2 Å². The maximum absolute atomic E-state index is 12.8. The van der Waals surface area contributed by atoms with Crippen LogP contribution in [-0.4, -0.2) is 23.5 Å². The van der Waals surface area contributed by atoms with E-state index in [0.29, 0.717) is 16.5 Å². The maximum Gasteiger partial charge on any atom is 0.200 e. The fourth-order valence-corrected chi connectivity index (χ4v) is 3.62. The van der Waals surface area contributed by atoms with Gasteiger partial charge in [-0.2, -0.15) is 5.26 Å². The number of ether oxygens (including phenoxy) is 2. The van der Waals surface area contributed by atoms with Gasteiger partial charge < -0.3 is 9.47 Å². The van der Waals surface area contributed by atoms with Crippen molar-refractivity contribution in [2.45, 2.75) is 12.0 Å². The molecule has 0 unspecified atom stereocenters. The zero-order valence-corrected chi connectivity index (χ0v) is 13.3. The Morgan fingerprint density at radius 2 is 1.96 bits per heavy atom. The number of Topliss-reactive ketones (excluding diaryl/α,β-unsaturated/α-hetero) is 1. The Bertz CT molecular complexity index is 927. The molecule has 2 heterocycles. The number of ketones is 1. The molecular formula is C18H12N2O3S. The summed E-state index contributed by atoms with van der Waals surface area (Å²) in [5, 5.41) is 9.99. The van der Waals surface area contributed by atoms with Crippen molar-refractivity contribution in [1.29, 1.82) is 5.26 Å².